The molecule has 3 heteroatoms. The van der Waals surface area contributed by atoms with Gasteiger partial charge in [-0.05, 0) is 16.3 Å². The highest BCUT2D eigenvalue weighted by Crippen LogP contribution is 2.29. The molecule has 0 aromatic heterocycles. The normalized spacial score (nSPS) is 11.3. The summed E-state index contributed by atoms with van der Waals surface area (Å²) in [7, 11) is 0. The van der Waals surface area contributed by atoms with E-state index in [1.807, 2.05) is 18.2 Å². The van der Waals surface area contributed by atoms with E-state index in [-0.39, 0.29) is 5.41 Å². The van der Waals surface area contributed by atoms with Crippen LogP contribution in [-0.4, -0.2) is 18.2 Å². The van der Waals surface area contributed by atoms with Crippen molar-refractivity contribution in [3.05, 3.63) is 48.0 Å². The molecular formula is C17H19NO2. The fourth-order valence-electron chi connectivity index (χ4n) is 2.34. The summed E-state index contributed by atoms with van der Waals surface area (Å²) in [4.78, 5) is 22.4. The highest BCUT2D eigenvalue weighted by atomic mass is 16.2. The van der Waals surface area contributed by atoms with E-state index >= 15 is 0 Å². The van der Waals surface area contributed by atoms with E-state index in [2.05, 4.69) is 43.4 Å². The van der Waals surface area contributed by atoms with Crippen LogP contribution in [0.15, 0.2) is 42.5 Å². The van der Waals surface area contributed by atoms with Gasteiger partial charge in [0.2, 0.25) is 5.78 Å². The van der Waals surface area contributed by atoms with Crippen LogP contribution >= 0.6 is 0 Å². The number of amides is 1. The van der Waals surface area contributed by atoms with Gasteiger partial charge in [-0.2, -0.15) is 0 Å². The fourth-order valence-corrected chi connectivity index (χ4v) is 2.34. The Bertz CT molecular complexity index is 654. The standard InChI is InChI=1S/C17H19NO2/c1-12(19)16(20)18-11-17(2,3)15-10-6-8-13-7-4-5-9-14(13)15/h4-10H,11H2,1-3H3,(H,18,20). The molecule has 2 rings (SSSR count). The highest BCUT2D eigenvalue weighted by Gasteiger charge is 2.24. The van der Waals surface area contributed by atoms with Gasteiger partial charge in [-0.25, -0.2) is 0 Å². The van der Waals surface area contributed by atoms with Gasteiger partial charge in [0.15, 0.2) is 0 Å². The number of Topliss-reactive ketones (excluding diaryl/α,β-unsaturated/α-hetero) is 1. The monoisotopic (exact) mass is 269 g/mol. The number of nitrogens with one attached hydrogen (secondary N) is 1. The van der Waals surface area contributed by atoms with Gasteiger partial charge in [0.1, 0.15) is 0 Å². The lowest BCUT2D eigenvalue weighted by molar-refractivity contribution is -0.136. The second kappa shape index (κ2) is 5.45. The van der Waals surface area contributed by atoms with Crippen molar-refractivity contribution in [3.63, 3.8) is 0 Å². The van der Waals surface area contributed by atoms with Gasteiger partial charge in [0, 0.05) is 18.9 Å². The number of fused-ring (bicyclic) bond motifs is 1. The maximum Gasteiger partial charge on any atom is 0.287 e. The number of hydrogen-bond donors (Lipinski definition) is 1. The lowest BCUT2D eigenvalue weighted by atomic mass is 9.81. The van der Waals surface area contributed by atoms with Crippen molar-refractivity contribution in [2.75, 3.05) is 6.54 Å². The van der Waals surface area contributed by atoms with Crippen LogP contribution in [0, 0.1) is 0 Å². The van der Waals surface area contributed by atoms with E-state index in [1.165, 1.54) is 23.3 Å². The Morgan fingerprint density at radius 2 is 1.70 bits per heavy atom. The molecule has 0 saturated carbocycles. The van der Waals surface area contributed by atoms with Gasteiger partial charge in [-0.1, -0.05) is 56.3 Å². The maximum absolute atomic E-state index is 11.4. The molecule has 0 bridgehead atoms. The highest BCUT2D eigenvalue weighted by molar-refractivity contribution is 6.35. The molecule has 1 N–H and O–H groups in total. The summed E-state index contributed by atoms with van der Waals surface area (Å²) in [5.74, 6) is -0.989. The Morgan fingerprint density at radius 3 is 2.40 bits per heavy atom. The van der Waals surface area contributed by atoms with Crippen molar-refractivity contribution in [1.82, 2.24) is 5.32 Å². The summed E-state index contributed by atoms with van der Waals surface area (Å²) in [5, 5.41) is 5.05. The van der Waals surface area contributed by atoms with Gasteiger partial charge in [-0.3, -0.25) is 9.59 Å². The van der Waals surface area contributed by atoms with Crippen LogP contribution in [0.3, 0.4) is 0 Å². The minimum atomic E-state index is -0.529. The van der Waals surface area contributed by atoms with Crippen LogP contribution < -0.4 is 5.32 Å². The van der Waals surface area contributed by atoms with Gasteiger partial charge in [0.25, 0.3) is 5.91 Å². The first kappa shape index (κ1) is 14.3. The van der Waals surface area contributed by atoms with Crippen molar-refractivity contribution >= 4 is 22.5 Å². The Morgan fingerprint density at radius 1 is 1.05 bits per heavy atom. The first-order chi connectivity index (χ1) is 9.42. The summed E-state index contributed by atoms with van der Waals surface area (Å²) in [6, 6.07) is 14.3. The average molecular weight is 269 g/mol. The molecule has 2 aromatic carbocycles. The Hall–Kier alpha value is -2.16. The average Bonchev–Trinajstić information content (AvgIpc) is 2.44. The van der Waals surface area contributed by atoms with Crippen LogP contribution in [-0.2, 0) is 15.0 Å². The summed E-state index contributed by atoms with van der Waals surface area (Å²) >= 11 is 0. The Kier molecular flexibility index (Phi) is 3.89. The topological polar surface area (TPSA) is 46.2 Å². The summed E-state index contributed by atoms with van der Waals surface area (Å²) in [6.45, 7) is 5.84. The Labute approximate surface area is 119 Å². The SMILES string of the molecule is CC(=O)C(=O)NCC(C)(C)c1cccc2ccccc12. The van der Waals surface area contributed by atoms with Crippen molar-refractivity contribution in [2.24, 2.45) is 0 Å². The molecule has 0 aliphatic rings. The third-order valence-electron chi connectivity index (χ3n) is 3.53. The Balaban J connectivity index is 2.32. The molecular weight excluding hydrogens is 250 g/mol. The van der Waals surface area contributed by atoms with Crippen molar-refractivity contribution in [1.29, 1.82) is 0 Å². The molecule has 104 valence electrons. The first-order valence-corrected chi connectivity index (χ1v) is 6.69. The van der Waals surface area contributed by atoms with Crippen LogP contribution in [0.2, 0.25) is 0 Å². The molecule has 0 saturated heterocycles. The summed E-state index contributed by atoms with van der Waals surface area (Å²) in [5.41, 5.74) is 0.922. The molecule has 2 aromatic rings. The summed E-state index contributed by atoms with van der Waals surface area (Å²) in [6.07, 6.45) is 0. The molecule has 0 radical (unpaired) electrons. The van der Waals surface area contributed by atoms with E-state index in [0.29, 0.717) is 6.54 Å². The predicted molar refractivity (Wildman–Crippen MR) is 80.7 cm³/mol. The second-order valence-electron chi connectivity index (χ2n) is 5.65. The van der Waals surface area contributed by atoms with E-state index in [1.54, 1.807) is 0 Å². The fraction of sp³-hybridized carbons (Fsp3) is 0.294. The zero-order chi connectivity index (χ0) is 14.8. The van der Waals surface area contributed by atoms with Gasteiger partial charge in [0.05, 0.1) is 0 Å². The molecule has 1 amide bonds. The van der Waals surface area contributed by atoms with Crippen LogP contribution in [0.5, 0.6) is 0 Å². The van der Waals surface area contributed by atoms with Gasteiger partial charge < -0.3 is 5.32 Å². The molecule has 0 fully saturated rings. The van der Waals surface area contributed by atoms with Gasteiger partial charge >= 0.3 is 0 Å². The molecule has 3 nitrogen and oxygen atoms in total. The number of hydrogen-bond acceptors (Lipinski definition) is 2. The zero-order valence-corrected chi connectivity index (χ0v) is 12.1. The second-order valence-corrected chi connectivity index (χ2v) is 5.65. The molecule has 20 heavy (non-hydrogen) atoms. The molecule has 0 spiro atoms. The molecule has 0 heterocycles. The number of carbonyl (C=O) groups is 2. The van der Waals surface area contributed by atoms with Gasteiger partial charge in [-0.15, -0.1) is 0 Å². The maximum atomic E-state index is 11.4. The number of carbonyl (C=O) groups excluding carboxylic acids is 2. The largest absolute Gasteiger partial charge is 0.349 e. The molecule has 0 aliphatic heterocycles. The lowest BCUT2D eigenvalue weighted by Gasteiger charge is -2.27. The third kappa shape index (κ3) is 2.87. The third-order valence-corrected chi connectivity index (χ3v) is 3.53. The van der Waals surface area contributed by atoms with Crippen molar-refractivity contribution in [3.8, 4) is 0 Å². The molecule has 0 atom stereocenters. The van der Waals surface area contributed by atoms with Crippen molar-refractivity contribution < 1.29 is 9.59 Å². The lowest BCUT2D eigenvalue weighted by Crippen LogP contribution is -2.39. The zero-order valence-electron chi connectivity index (χ0n) is 12.1. The minimum Gasteiger partial charge on any atom is -0.349 e. The molecule has 0 unspecified atom stereocenters. The quantitative estimate of drug-likeness (QED) is 0.868. The van der Waals surface area contributed by atoms with E-state index in [9.17, 15) is 9.59 Å². The number of rotatable bonds is 4. The van der Waals surface area contributed by atoms with Crippen LogP contribution in [0.25, 0.3) is 10.8 Å². The minimum absolute atomic E-state index is 0.244. The predicted octanol–water partition coefficient (Wildman–Crippen LogP) is 2.82. The van der Waals surface area contributed by atoms with E-state index in [0.717, 1.165) is 0 Å². The van der Waals surface area contributed by atoms with Crippen LogP contribution in [0.4, 0.5) is 0 Å². The van der Waals surface area contributed by atoms with Crippen molar-refractivity contribution in [2.45, 2.75) is 26.2 Å². The van der Waals surface area contributed by atoms with E-state index in [4.69, 9.17) is 0 Å². The van der Waals surface area contributed by atoms with E-state index < -0.39 is 11.7 Å². The number of ketones is 1. The smallest absolute Gasteiger partial charge is 0.287 e. The summed E-state index contributed by atoms with van der Waals surface area (Å²) < 4.78 is 0. The number of benzene rings is 2. The first-order valence-electron chi connectivity index (χ1n) is 6.69. The molecule has 0 aliphatic carbocycles. The van der Waals surface area contributed by atoms with Crippen LogP contribution in [0.1, 0.15) is 26.3 Å².